The van der Waals surface area contributed by atoms with Crippen molar-refractivity contribution in [2.24, 2.45) is 0 Å². The zero-order chi connectivity index (χ0) is 9.80. The molecule has 0 aliphatic rings. The highest BCUT2D eigenvalue weighted by atomic mass is 127. The van der Waals surface area contributed by atoms with Crippen LogP contribution in [0, 0.1) is 0 Å². The molecule has 0 atom stereocenters. The van der Waals surface area contributed by atoms with E-state index in [1.165, 1.54) is 16.3 Å². The SMILES string of the molecule is ISNCc1cccc2ccccc12. The monoisotopic (exact) mass is 315 g/mol. The molecule has 0 amide bonds. The van der Waals surface area contributed by atoms with E-state index in [-0.39, 0.29) is 0 Å². The molecule has 72 valence electrons. The second-order valence-corrected chi connectivity index (χ2v) is 4.80. The van der Waals surface area contributed by atoms with Gasteiger partial charge in [0, 0.05) is 27.8 Å². The Hall–Kier alpha value is -0.260. The molecule has 0 saturated heterocycles. The molecule has 14 heavy (non-hydrogen) atoms. The van der Waals surface area contributed by atoms with Crippen molar-refractivity contribution in [1.29, 1.82) is 0 Å². The quantitative estimate of drug-likeness (QED) is 0.680. The number of benzene rings is 2. The van der Waals surface area contributed by atoms with Gasteiger partial charge in [0.05, 0.1) is 0 Å². The molecule has 2 aromatic rings. The summed E-state index contributed by atoms with van der Waals surface area (Å²) in [6, 6.07) is 14.9. The van der Waals surface area contributed by atoms with Gasteiger partial charge >= 0.3 is 0 Å². The first-order valence-electron chi connectivity index (χ1n) is 4.39. The van der Waals surface area contributed by atoms with E-state index in [1.807, 2.05) is 0 Å². The van der Waals surface area contributed by atoms with Crippen LogP contribution in [0.15, 0.2) is 42.5 Å². The molecular formula is C11H10INS. The summed E-state index contributed by atoms with van der Waals surface area (Å²) in [5.41, 5.74) is 1.35. The third kappa shape index (κ3) is 2.21. The number of fused-ring (bicyclic) bond motifs is 1. The highest BCUT2D eigenvalue weighted by molar-refractivity contribution is 14.2. The van der Waals surface area contributed by atoms with Crippen molar-refractivity contribution in [2.45, 2.75) is 6.54 Å². The van der Waals surface area contributed by atoms with E-state index in [1.54, 1.807) is 9.12 Å². The van der Waals surface area contributed by atoms with Gasteiger partial charge < -0.3 is 0 Å². The average molecular weight is 315 g/mol. The van der Waals surface area contributed by atoms with Crippen molar-refractivity contribution in [3.8, 4) is 0 Å². The summed E-state index contributed by atoms with van der Waals surface area (Å²) >= 11 is 2.24. The van der Waals surface area contributed by atoms with Crippen LogP contribution in [0.25, 0.3) is 10.8 Å². The van der Waals surface area contributed by atoms with Crippen molar-refractivity contribution in [3.63, 3.8) is 0 Å². The lowest BCUT2D eigenvalue weighted by Crippen LogP contribution is -2.00. The molecule has 0 radical (unpaired) electrons. The Morgan fingerprint density at radius 1 is 1.07 bits per heavy atom. The summed E-state index contributed by atoms with van der Waals surface area (Å²) in [5, 5.41) is 2.65. The van der Waals surface area contributed by atoms with E-state index >= 15 is 0 Å². The van der Waals surface area contributed by atoms with E-state index in [0.717, 1.165) is 6.54 Å². The molecule has 2 aromatic carbocycles. The first-order valence-corrected chi connectivity index (χ1v) is 7.75. The summed E-state index contributed by atoms with van der Waals surface area (Å²) in [6.07, 6.45) is 0. The third-order valence-electron chi connectivity index (χ3n) is 2.20. The van der Waals surface area contributed by atoms with Crippen LogP contribution in [0.4, 0.5) is 0 Å². The van der Waals surface area contributed by atoms with Gasteiger partial charge in [-0.15, -0.1) is 0 Å². The van der Waals surface area contributed by atoms with E-state index in [2.05, 4.69) is 68.4 Å². The first kappa shape index (κ1) is 10.3. The molecule has 1 N–H and O–H groups in total. The van der Waals surface area contributed by atoms with Crippen LogP contribution in [0.3, 0.4) is 0 Å². The molecule has 0 heterocycles. The Kier molecular flexibility index (Phi) is 3.67. The summed E-state index contributed by atoms with van der Waals surface area (Å²) in [7, 11) is 1.63. The summed E-state index contributed by atoms with van der Waals surface area (Å²) in [4.78, 5) is 0. The van der Waals surface area contributed by atoms with Crippen LogP contribution in [0.1, 0.15) is 5.56 Å². The second kappa shape index (κ2) is 5.00. The Balaban J connectivity index is 2.43. The van der Waals surface area contributed by atoms with Gasteiger partial charge in [-0.3, -0.25) is 4.72 Å². The van der Waals surface area contributed by atoms with Crippen molar-refractivity contribution < 1.29 is 0 Å². The smallest absolute Gasteiger partial charge is 0.0323 e. The lowest BCUT2D eigenvalue weighted by atomic mass is 10.1. The summed E-state index contributed by atoms with van der Waals surface area (Å²) in [5.74, 6) is 0. The van der Waals surface area contributed by atoms with Crippen LogP contribution >= 0.6 is 30.3 Å². The number of hydrogen-bond donors (Lipinski definition) is 1. The maximum atomic E-state index is 3.26. The Morgan fingerprint density at radius 2 is 1.86 bits per heavy atom. The molecule has 0 aromatic heterocycles. The zero-order valence-corrected chi connectivity index (χ0v) is 10.5. The Morgan fingerprint density at radius 3 is 2.71 bits per heavy atom. The van der Waals surface area contributed by atoms with Crippen LogP contribution in [0.2, 0.25) is 0 Å². The minimum atomic E-state index is 0.912. The van der Waals surface area contributed by atoms with Crippen LogP contribution in [-0.4, -0.2) is 0 Å². The van der Waals surface area contributed by atoms with E-state index in [9.17, 15) is 0 Å². The number of rotatable bonds is 3. The molecule has 0 aliphatic carbocycles. The molecular weight excluding hydrogens is 305 g/mol. The van der Waals surface area contributed by atoms with Gasteiger partial charge in [0.2, 0.25) is 0 Å². The lowest BCUT2D eigenvalue weighted by molar-refractivity contribution is 0.996. The zero-order valence-electron chi connectivity index (χ0n) is 7.53. The van der Waals surface area contributed by atoms with Gasteiger partial charge in [0.1, 0.15) is 0 Å². The Labute approximate surface area is 100.0 Å². The third-order valence-corrected chi connectivity index (χ3v) is 3.38. The largest absolute Gasteiger partial charge is 0.251 e. The molecule has 2 rings (SSSR count). The fourth-order valence-electron chi connectivity index (χ4n) is 1.55. The van der Waals surface area contributed by atoms with Gasteiger partial charge in [0.25, 0.3) is 0 Å². The van der Waals surface area contributed by atoms with Crippen LogP contribution < -0.4 is 4.72 Å². The van der Waals surface area contributed by atoms with Crippen LogP contribution in [-0.2, 0) is 6.54 Å². The normalized spacial score (nSPS) is 10.6. The molecule has 0 unspecified atom stereocenters. The van der Waals surface area contributed by atoms with Gasteiger partial charge in [0.15, 0.2) is 0 Å². The van der Waals surface area contributed by atoms with E-state index in [4.69, 9.17) is 0 Å². The topological polar surface area (TPSA) is 12.0 Å². The highest BCUT2D eigenvalue weighted by Crippen LogP contribution is 2.19. The van der Waals surface area contributed by atoms with Crippen molar-refractivity contribution >= 4 is 41.1 Å². The summed E-state index contributed by atoms with van der Waals surface area (Å²) in [6.45, 7) is 0.912. The van der Waals surface area contributed by atoms with Crippen molar-refractivity contribution in [1.82, 2.24) is 4.72 Å². The molecule has 0 fully saturated rings. The minimum absolute atomic E-state index is 0.912. The molecule has 3 heteroatoms. The van der Waals surface area contributed by atoms with E-state index in [0.29, 0.717) is 0 Å². The predicted molar refractivity (Wildman–Crippen MR) is 72.4 cm³/mol. The standard InChI is InChI=1S/C11H10INS/c12-14-13-8-10-6-3-5-9-4-1-2-7-11(9)10/h1-7,13H,8H2. The summed E-state index contributed by atoms with van der Waals surface area (Å²) < 4.78 is 3.26. The average Bonchev–Trinajstić information content (AvgIpc) is 2.26. The number of nitrogens with one attached hydrogen (secondary N) is 1. The van der Waals surface area contributed by atoms with Gasteiger partial charge in [-0.2, -0.15) is 0 Å². The maximum Gasteiger partial charge on any atom is 0.0323 e. The fourth-order valence-corrected chi connectivity index (χ4v) is 2.23. The maximum absolute atomic E-state index is 3.26. The Bertz CT molecular complexity index is 425. The second-order valence-electron chi connectivity index (χ2n) is 3.04. The molecule has 0 saturated carbocycles. The molecule has 1 nitrogen and oxygen atoms in total. The van der Waals surface area contributed by atoms with Gasteiger partial charge in [-0.05, 0) is 25.5 Å². The van der Waals surface area contributed by atoms with E-state index < -0.39 is 0 Å². The minimum Gasteiger partial charge on any atom is -0.251 e. The van der Waals surface area contributed by atoms with Crippen LogP contribution in [0.5, 0.6) is 0 Å². The first-order chi connectivity index (χ1) is 6.92. The van der Waals surface area contributed by atoms with Crippen molar-refractivity contribution in [3.05, 3.63) is 48.0 Å². The molecule has 0 aliphatic heterocycles. The lowest BCUT2D eigenvalue weighted by Gasteiger charge is -2.05. The fraction of sp³-hybridized carbons (Fsp3) is 0.0909. The number of halogens is 1. The molecule has 0 spiro atoms. The van der Waals surface area contributed by atoms with Gasteiger partial charge in [-0.1, -0.05) is 42.5 Å². The highest BCUT2D eigenvalue weighted by Gasteiger charge is 1.98. The predicted octanol–water partition coefficient (Wildman–Crippen LogP) is 3.93. The molecule has 0 bridgehead atoms. The van der Waals surface area contributed by atoms with Crippen molar-refractivity contribution in [2.75, 3.05) is 0 Å². The van der Waals surface area contributed by atoms with Gasteiger partial charge in [-0.25, -0.2) is 0 Å². The number of hydrogen-bond acceptors (Lipinski definition) is 2.